The summed E-state index contributed by atoms with van der Waals surface area (Å²) in [5.74, 6) is 0.740. The molecule has 6 heteroatoms. The summed E-state index contributed by atoms with van der Waals surface area (Å²) in [6, 6.07) is 15.0. The fraction of sp³-hybridized carbons (Fsp3) is 0.263. The van der Waals surface area contributed by atoms with Crippen LogP contribution >= 0.6 is 23.4 Å². The van der Waals surface area contributed by atoms with Gasteiger partial charge in [0.2, 0.25) is 11.8 Å². The predicted octanol–water partition coefficient (Wildman–Crippen LogP) is 4.59. The first kappa shape index (κ1) is 17.8. The molecule has 0 unspecified atom stereocenters. The molecule has 2 aromatic rings. The number of nitrogens with zero attached hydrogens (tertiary/aromatic N) is 1. The van der Waals surface area contributed by atoms with Gasteiger partial charge in [-0.05, 0) is 36.8 Å². The first-order valence-corrected chi connectivity index (χ1v) is 9.57. The number of hydrogen-bond acceptors (Lipinski definition) is 3. The normalized spacial score (nSPS) is 14.0. The highest BCUT2D eigenvalue weighted by Gasteiger charge is 2.21. The van der Waals surface area contributed by atoms with Crippen molar-refractivity contribution in [2.24, 2.45) is 0 Å². The number of nitrogens with one attached hydrogen (secondary N) is 1. The van der Waals surface area contributed by atoms with E-state index in [1.165, 1.54) is 0 Å². The highest BCUT2D eigenvalue weighted by molar-refractivity contribution is 7.99. The number of benzene rings is 2. The molecule has 130 valence electrons. The van der Waals surface area contributed by atoms with Gasteiger partial charge >= 0.3 is 0 Å². The molecule has 0 bridgehead atoms. The molecule has 0 aliphatic carbocycles. The van der Waals surface area contributed by atoms with Gasteiger partial charge in [0, 0.05) is 41.4 Å². The molecular formula is C19H19ClN2O2S. The van der Waals surface area contributed by atoms with E-state index in [9.17, 15) is 9.59 Å². The average Bonchev–Trinajstić information content (AvgIpc) is 3.03. The summed E-state index contributed by atoms with van der Waals surface area (Å²) >= 11 is 7.67. The van der Waals surface area contributed by atoms with E-state index in [2.05, 4.69) is 5.32 Å². The molecule has 3 rings (SSSR count). The van der Waals surface area contributed by atoms with Gasteiger partial charge in [-0.2, -0.15) is 0 Å². The van der Waals surface area contributed by atoms with Gasteiger partial charge in [-0.25, -0.2) is 0 Å². The van der Waals surface area contributed by atoms with Gasteiger partial charge in [0.05, 0.1) is 5.02 Å². The Bertz CT molecular complexity index is 782. The van der Waals surface area contributed by atoms with Gasteiger partial charge in [0.1, 0.15) is 0 Å². The fourth-order valence-electron chi connectivity index (χ4n) is 2.71. The predicted molar refractivity (Wildman–Crippen MR) is 103 cm³/mol. The third kappa shape index (κ3) is 4.77. The summed E-state index contributed by atoms with van der Waals surface area (Å²) in [6.45, 7) is 0.741. The zero-order chi connectivity index (χ0) is 17.6. The monoisotopic (exact) mass is 374 g/mol. The van der Waals surface area contributed by atoms with Crippen molar-refractivity contribution in [3.05, 3.63) is 53.6 Å². The molecule has 2 aromatic carbocycles. The lowest BCUT2D eigenvalue weighted by Crippen LogP contribution is -2.23. The second-order valence-electron chi connectivity index (χ2n) is 5.78. The van der Waals surface area contributed by atoms with E-state index in [0.29, 0.717) is 29.3 Å². The first-order valence-electron chi connectivity index (χ1n) is 8.21. The van der Waals surface area contributed by atoms with E-state index in [-0.39, 0.29) is 11.8 Å². The number of amides is 2. The molecule has 1 saturated heterocycles. The van der Waals surface area contributed by atoms with E-state index < -0.39 is 0 Å². The number of carbonyl (C=O) groups excluding carboxylic acids is 2. The quantitative estimate of drug-likeness (QED) is 0.752. The van der Waals surface area contributed by atoms with Crippen molar-refractivity contribution in [1.82, 2.24) is 0 Å². The number of carbonyl (C=O) groups is 2. The van der Waals surface area contributed by atoms with Crippen LogP contribution in [0.2, 0.25) is 5.02 Å². The van der Waals surface area contributed by atoms with Gasteiger partial charge < -0.3 is 10.2 Å². The zero-order valence-corrected chi connectivity index (χ0v) is 15.3. The third-order valence-corrected chi connectivity index (χ3v) is 5.46. The standard InChI is InChI=1S/C19H19ClN2O2S/c20-16-7-1-2-8-17(16)25-12-10-18(23)21-14-5-3-6-15(13-14)22-11-4-9-19(22)24/h1-3,5-8,13H,4,9-12H2,(H,21,23). The summed E-state index contributed by atoms with van der Waals surface area (Å²) in [6.07, 6.45) is 1.87. The second kappa shape index (κ2) is 8.41. The molecule has 4 nitrogen and oxygen atoms in total. The molecule has 1 fully saturated rings. The maximum absolute atomic E-state index is 12.1. The smallest absolute Gasteiger partial charge is 0.227 e. The van der Waals surface area contributed by atoms with Gasteiger partial charge in [0.25, 0.3) is 0 Å². The van der Waals surface area contributed by atoms with E-state index in [0.717, 1.165) is 23.5 Å². The van der Waals surface area contributed by atoms with Crippen LogP contribution in [-0.4, -0.2) is 24.1 Å². The van der Waals surface area contributed by atoms with Crippen LogP contribution in [0.5, 0.6) is 0 Å². The SMILES string of the molecule is O=C(CCSc1ccccc1Cl)Nc1cccc(N2CCCC2=O)c1. The van der Waals surface area contributed by atoms with Gasteiger partial charge in [-0.15, -0.1) is 11.8 Å². The molecule has 1 N–H and O–H groups in total. The lowest BCUT2D eigenvalue weighted by molar-refractivity contribution is -0.117. The third-order valence-electron chi connectivity index (χ3n) is 3.94. The van der Waals surface area contributed by atoms with Crippen LogP contribution in [0.4, 0.5) is 11.4 Å². The van der Waals surface area contributed by atoms with Crippen molar-refractivity contribution in [3.8, 4) is 0 Å². The molecule has 2 amide bonds. The fourth-order valence-corrected chi connectivity index (χ4v) is 3.90. The minimum atomic E-state index is -0.0514. The van der Waals surface area contributed by atoms with Crippen molar-refractivity contribution < 1.29 is 9.59 Å². The Labute approximate surface area is 156 Å². The van der Waals surface area contributed by atoms with E-state index >= 15 is 0 Å². The van der Waals surface area contributed by atoms with Crippen LogP contribution in [0.15, 0.2) is 53.4 Å². The lowest BCUT2D eigenvalue weighted by atomic mass is 10.2. The van der Waals surface area contributed by atoms with Crippen molar-refractivity contribution in [3.63, 3.8) is 0 Å². The van der Waals surface area contributed by atoms with E-state index in [1.807, 2.05) is 48.5 Å². The molecular weight excluding hydrogens is 356 g/mol. The highest BCUT2D eigenvalue weighted by Crippen LogP contribution is 2.27. The largest absolute Gasteiger partial charge is 0.326 e. The van der Waals surface area contributed by atoms with Crippen LogP contribution in [-0.2, 0) is 9.59 Å². The van der Waals surface area contributed by atoms with Gasteiger partial charge in [-0.3, -0.25) is 9.59 Å². The Morgan fingerprint density at radius 3 is 2.80 bits per heavy atom. The van der Waals surface area contributed by atoms with E-state index in [4.69, 9.17) is 11.6 Å². The molecule has 1 aliphatic rings. The molecule has 1 heterocycles. The Morgan fingerprint density at radius 1 is 1.20 bits per heavy atom. The number of thioether (sulfide) groups is 1. The Hall–Kier alpha value is -1.98. The minimum Gasteiger partial charge on any atom is -0.326 e. The van der Waals surface area contributed by atoms with Crippen LogP contribution in [0.1, 0.15) is 19.3 Å². The molecule has 0 atom stereocenters. The minimum absolute atomic E-state index is 0.0514. The van der Waals surface area contributed by atoms with Crippen LogP contribution in [0, 0.1) is 0 Å². The summed E-state index contributed by atoms with van der Waals surface area (Å²) in [4.78, 5) is 26.7. The topological polar surface area (TPSA) is 49.4 Å². The number of rotatable bonds is 6. The Morgan fingerprint density at radius 2 is 2.04 bits per heavy atom. The molecule has 0 aromatic heterocycles. The van der Waals surface area contributed by atoms with Crippen LogP contribution in [0.25, 0.3) is 0 Å². The maximum Gasteiger partial charge on any atom is 0.227 e. The maximum atomic E-state index is 12.1. The number of halogens is 1. The summed E-state index contributed by atoms with van der Waals surface area (Å²) in [5, 5.41) is 3.60. The molecule has 0 radical (unpaired) electrons. The molecule has 0 saturated carbocycles. The summed E-state index contributed by atoms with van der Waals surface area (Å²) < 4.78 is 0. The van der Waals surface area contributed by atoms with Gasteiger partial charge in [-0.1, -0.05) is 29.8 Å². The molecule has 25 heavy (non-hydrogen) atoms. The van der Waals surface area contributed by atoms with Crippen molar-refractivity contribution in [1.29, 1.82) is 0 Å². The Balaban J connectivity index is 1.53. The first-order chi connectivity index (χ1) is 12.1. The average molecular weight is 375 g/mol. The van der Waals surface area contributed by atoms with Crippen LogP contribution in [0.3, 0.4) is 0 Å². The summed E-state index contributed by atoms with van der Waals surface area (Å²) in [5.41, 5.74) is 1.55. The second-order valence-corrected chi connectivity index (χ2v) is 7.32. The Kier molecular flexibility index (Phi) is 6.00. The molecule has 0 spiro atoms. The zero-order valence-electron chi connectivity index (χ0n) is 13.7. The van der Waals surface area contributed by atoms with Crippen molar-refractivity contribution in [2.75, 3.05) is 22.5 Å². The van der Waals surface area contributed by atoms with Crippen molar-refractivity contribution >= 4 is 46.6 Å². The lowest BCUT2D eigenvalue weighted by Gasteiger charge is -2.16. The number of anilines is 2. The van der Waals surface area contributed by atoms with E-state index in [1.54, 1.807) is 16.7 Å². The molecule has 1 aliphatic heterocycles. The highest BCUT2D eigenvalue weighted by atomic mass is 35.5. The van der Waals surface area contributed by atoms with Crippen LogP contribution < -0.4 is 10.2 Å². The summed E-state index contributed by atoms with van der Waals surface area (Å²) in [7, 11) is 0. The number of hydrogen-bond donors (Lipinski definition) is 1. The van der Waals surface area contributed by atoms with Crippen molar-refractivity contribution in [2.45, 2.75) is 24.2 Å². The van der Waals surface area contributed by atoms with Gasteiger partial charge in [0.15, 0.2) is 0 Å².